The number of furan rings is 1. The average molecular weight is 290 g/mol. The van der Waals surface area contributed by atoms with E-state index in [9.17, 15) is 8.42 Å². The van der Waals surface area contributed by atoms with E-state index in [0.29, 0.717) is 0 Å². The zero-order valence-electron chi connectivity index (χ0n) is 10.9. The van der Waals surface area contributed by atoms with E-state index in [4.69, 9.17) is 8.97 Å². The summed E-state index contributed by atoms with van der Waals surface area (Å²) in [4.78, 5) is -0.0666. The molecule has 3 rings (SSSR count). The van der Waals surface area contributed by atoms with Crippen molar-refractivity contribution in [1.82, 2.24) is 0 Å². The van der Waals surface area contributed by atoms with Gasteiger partial charge in [-0.3, -0.25) is 4.55 Å². The van der Waals surface area contributed by atoms with Crippen LogP contribution in [0.3, 0.4) is 0 Å². The standard InChI is InChI=1S/C8H6O.C7H8O3S/c1-2-4-8-7(3-1)5-6-9-8;1-6-2-4-7(5-3-6)11(8,9)10/h1-6H;2-5H,1H3,(H,8,9,10). The van der Waals surface area contributed by atoms with Gasteiger partial charge in [0.05, 0.1) is 11.2 Å². The fourth-order valence-corrected chi connectivity index (χ4v) is 2.10. The van der Waals surface area contributed by atoms with Crippen LogP contribution >= 0.6 is 0 Å². The summed E-state index contributed by atoms with van der Waals surface area (Å²) in [6, 6.07) is 15.9. The zero-order chi connectivity index (χ0) is 14.6. The first kappa shape index (κ1) is 14.3. The molecule has 0 radical (unpaired) electrons. The molecule has 2 aromatic carbocycles. The van der Waals surface area contributed by atoms with Crippen molar-refractivity contribution in [1.29, 1.82) is 0 Å². The highest BCUT2D eigenvalue weighted by Crippen LogP contribution is 2.12. The van der Waals surface area contributed by atoms with E-state index >= 15 is 0 Å². The van der Waals surface area contributed by atoms with Crippen molar-refractivity contribution in [2.75, 3.05) is 0 Å². The van der Waals surface area contributed by atoms with E-state index in [-0.39, 0.29) is 4.90 Å². The SMILES string of the molecule is Cc1ccc(S(=O)(=O)O)cc1.c1ccc2occc2c1. The topological polar surface area (TPSA) is 67.5 Å². The molecule has 0 saturated heterocycles. The van der Waals surface area contributed by atoms with E-state index < -0.39 is 10.1 Å². The summed E-state index contributed by atoms with van der Waals surface area (Å²) < 4.78 is 34.7. The van der Waals surface area contributed by atoms with Crippen LogP contribution in [0.25, 0.3) is 11.0 Å². The minimum atomic E-state index is -4.02. The van der Waals surface area contributed by atoms with Crippen LogP contribution in [0.1, 0.15) is 5.56 Å². The third kappa shape index (κ3) is 3.69. The van der Waals surface area contributed by atoms with Gasteiger partial charge in [0.15, 0.2) is 0 Å². The highest BCUT2D eigenvalue weighted by molar-refractivity contribution is 7.85. The van der Waals surface area contributed by atoms with Gasteiger partial charge in [-0.1, -0.05) is 35.9 Å². The maximum atomic E-state index is 10.5. The van der Waals surface area contributed by atoms with Crippen LogP contribution in [0.5, 0.6) is 0 Å². The first-order valence-electron chi connectivity index (χ1n) is 5.93. The summed E-state index contributed by atoms with van der Waals surface area (Å²) in [5.74, 6) is 0. The minimum absolute atomic E-state index is 0.0666. The second-order valence-electron chi connectivity index (χ2n) is 4.25. The molecule has 0 amide bonds. The minimum Gasteiger partial charge on any atom is -0.464 e. The van der Waals surface area contributed by atoms with Gasteiger partial charge in [-0.15, -0.1) is 0 Å². The summed E-state index contributed by atoms with van der Waals surface area (Å²) in [6.07, 6.45) is 1.70. The first-order chi connectivity index (χ1) is 9.47. The Morgan fingerprint density at radius 2 is 1.60 bits per heavy atom. The van der Waals surface area contributed by atoms with Crippen LogP contribution in [0.4, 0.5) is 0 Å². The molecule has 0 saturated carbocycles. The number of para-hydroxylation sites is 1. The van der Waals surface area contributed by atoms with Gasteiger partial charge in [-0.25, -0.2) is 0 Å². The maximum absolute atomic E-state index is 10.5. The molecule has 1 aromatic heterocycles. The predicted molar refractivity (Wildman–Crippen MR) is 77.2 cm³/mol. The number of aryl methyl sites for hydroxylation is 1. The van der Waals surface area contributed by atoms with E-state index in [0.717, 1.165) is 16.5 Å². The Kier molecular flexibility index (Phi) is 4.22. The molecule has 0 atom stereocenters. The van der Waals surface area contributed by atoms with Gasteiger partial charge in [0, 0.05) is 5.39 Å². The monoisotopic (exact) mass is 290 g/mol. The van der Waals surface area contributed by atoms with Gasteiger partial charge in [-0.05, 0) is 31.2 Å². The fraction of sp³-hybridized carbons (Fsp3) is 0.0667. The molecule has 0 aliphatic rings. The van der Waals surface area contributed by atoms with Gasteiger partial charge in [-0.2, -0.15) is 8.42 Å². The number of hydrogen-bond donors (Lipinski definition) is 1. The second kappa shape index (κ2) is 5.90. The summed E-state index contributed by atoms with van der Waals surface area (Å²) in [6.45, 7) is 1.84. The van der Waals surface area contributed by atoms with E-state index in [2.05, 4.69) is 0 Å². The van der Waals surface area contributed by atoms with Crippen LogP contribution in [0, 0.1) is 6.92 Å². The van der Waals surface area contributed by atoms with E-state index in [1.807, 2.05) is 37.3 Å². The molecular weight excluding hydrogens is 276 g/mol. The van der Waals surface area contributed by atoms with Gasteiger partial charge < -0.3 is 4.42 Å². The van der Waals surface area contributed by atoms with Crippen molar-refractivity contribution in [3.05, 3.63) is 66.4 Å². The molecule has 0 fully saturated rings. The third-order valence-corrected chi connectivity index (χ3v) is 3.55. The van der Waals surface area contributed by atoms with Crippen LogP contribution < -0.4 is 0 Å². The molecule has 3 aromatic rings. The lowest BCUT2D eigenvalue weighted by molar-refractivity contribution is 0.483. The second-order valence-corrected chi connectivity index (χ2v) is 5.67. The fourth-order valence-electron chi connectivity index (χ4n) is 1.62. The molecule has 0 bridgehead atoms. The predicted octanol–water partition coefficient (Wildman–Crippen LogP) is 3.67. The van der Waals surface area contributed by atoms with Crippen molar-refractivity contribution < 1.29 is 17.4 Å². The molecule has 5 heteroatoms. The molecular formula is C15H14O4S. The highest BCUT2D eigenvalue weighted by Gasteiger charge is 2.06. The van der Waals surface area contributed by atoms with Crippen molar-refractivity contribution in [3.63, 3.8) is 0 Å². The van der Waals surface area contributed by atoms with Gasteiger partial charge in [0.2, 0.25) is 0 Å². The average Bonchev–Trinajstić information content (AvgIpc) is 2.87. The van der Waals surface area contributed by atoms with Crippen molar-refractivity contribution in [2.45, 2.75) is 11.8 Å². The van der Waals surface area contributed by atoms with Gasteiger partial charge >= 0.3 is 0 Å². The Morgan fingerprint density at radius 1 is 0.950 bits per heavy atom. The van der Waals surface area contributed by atoms with Crippen LogP contribution in [0.2, 0.25) is 0 Å². The lowest BCUT2D eigenvalue weighted by Crippen LogP contribution is -1.96. The van der Waals surface area contributed by atoms with Crippen molar-refractivity contribution >= 4 is 21.1 Å². The van der Waals surface area contributed by atoms with Crippen LogP contribution in [0.15, 0.2) is 70.2 Å². The number of benzene rings is 2. The highest BCUT2D eigenvalue weighted by atomic mass is 32.2. The molecule has 104 valence electrons. The first-order valence-corrected chi connectivity index (χ1v) is 7.37. The van der Waals surface area contributed by atoms with Gasteiger partial charge in [0.25, 0.3) is 10.1 Å². The lowest BCUT2D eigenvalue weighted by atomic mass is 10.2. The van der Waals surface area contributed by atoms with Crippen molar-refractivity contribution in [3.8, 4) is 0 Å². The molecule has 0 aliphatic heterocycles. The van der Waals surface area contributed by atoms with Crippen LogP contribution in [-0.2, 0) is 10.1 Å². The Labute approximate surface area is 117 Å². The molecule has 0 unspecified atom stereocenters. The normalized spacial score (nSPS) is 10.9. The smallest absolute Gasteiger partial charge is 0.294 e. The largest absolute Gasteiger partial charge is 0.464 e. The van der Waals surface area contributed by atoms with Crippen LogP contribution in [-0.4, -0.2) is 13.0 Å². The number of hydrogen-bond acceptors (Lipinski definition) is 3. The van der Waals surface area contributed by atoms with E-state index in [1.165, 1.54) is 12.1 Å². The van der Waals surface area contributed by atoms with E-state index in [1.54, 1.807) is 18.4 Å². The van der Waals surface area contributed by atoms with Crippen molar-refractivity contribution in [2.24, 2.45) is 0 Å². The van der Waals surface area contributed by atoms with Gasteiger partial charge in [0.1, 0.15) is 5.58 Å². The summed E-state index contributed by atoms with van der Waals surface area (Å²) in [7, 11) is -4.02. The molecule has 4 nitrogen and oxygen atoms in total. The zero-order valence-corrected chi connectivity index (χ0v) is 11.7. The molecule has 20 heavy (non-hydrogen) atoms. The molecule has 1 N–H and O–H groups in total. The Hall–Kier alpha value is -2.11. The maximum Gasteiger partial charge on any atom is 0.294 e. The number of fused-ring (bicyclic) bond motifs is 1. The third-order valence-electron chi connectivity index (χ3n) is 2.68. The molecule has 0 spiro atoms. The quantitative estimate of drug-likeness (QED) is 0.694. The summed E-state index contributed by atoms with van der Waals surface area (Å²) in [5.41, 5.74) is 1.91. The Balaban J connectivity index is 0.000000149. The summed E-state index contributed by atoms with van der Waals surface area (Å²) in [5, 5.41) is 1.16. The summed E-state index contributed by atoms with van der Waals surface area (Å²) >= 11 is 0. The molecule has 1 heterocycles. The number of rotatable bonds is 1. The Bertz CT molecular complexity index is 756. The lowest BCUT2D eigenvalue weighted by Gasteiger charge is -1.95. The Morgan fingerprint density at radius 3 is 2.20 bits per heavy atom. The molecule has 0 aliphatic carbocycles.